The van der Waals surface area contributed by atoms with Crippen molar-refractivity contribution in [1.82, 2.24) is 10.2 Å². The Morgan fingerprint density at radius 2 is 1.93 bits per heavy atom. The number of hydrogen-bond acceptors (Lipinski definition) is 2. The van der Waals surface area contributed by atoms with E-state index in [0.29, 0.717) is 25.7 Å². The molecule has 0 bridgehead atoms. The Kier molecular flexibility index (Phi) is 3.57. The predicted molar refractivity (Wildman–Crippen MR) is 56.4 cm³/mol. The molecule has 1 amide bonds. The Morgan fingerprint density at radius 1 is 1.27 bits per heavy atom. The minimum Gasteiger partial charge on any atom is -0.352 e. The second-order valence-corrected chi connectivity index (χ2v) is 4.69. The Morgan fingerprint density at radius 3 is 2.53 bits per heavy atom. The lowest BCUT2D eigenvalue weighted by Gasteiger charge is -2.34. The molecule has 0 atom stereocenters. The number of alkyl halides is 1. The van der Waals surface area contributed by atoms with Crippen LogP contribution >= 0.6 is 0 Å². The van der Waals surface area contributed by atoms with Crippen molar-refractivity contribution < 1.29 is 9.18 Å². The van der Waals surface area contributed by atoms with Gasteiger partial charge in [-0.3, -0.25) is 9.69 Å². The van der Waals surface area contributed by atoms with E-state index >= 15 is 0 Å². The zero-order valence-corrected chi connectivity index (χ0v) is 9.04. The molecule has 1 N–H and O–H groups in total. The summed E-state index contributed by atoms with van der Waals surface area (Å²) in [6, 6.07) is 0.369. The topological polar surface area (TPSA) is 32.3 Å². The number of carbonyl (C=O) groups excluding carboxylic acids is 1. The first kappa shape index (κ1) is 10.9. The zero-order chi connectivity index (χ0) is 10.7. The average Bonchev–Trinajstić information content (AvgIpc) is 2.17. The summed E-state index contributed by atoms with van der Waals surface area (Å²) in [5.74, 6) is 0.0637. The second kappa shape index (κ2) is 4.92. The number of nitrogens with zero attached hydrogens (tertiary/aromatic N) is 1. The summed E-state index contributed by atoms with van der Waals surface area (Å²) in [4.78, 5) is 13.4. The largest absolute Gasteiger partial charge is 0.352 e. The Bertz CT molecular complexity index is 223. The van der Waals surface area contributed by atoms with Gasteiger partial charge in [-0.1, -0.05) is 19.3 Å². The lowest BCUT2D eigenvalue weighted by Crippen LogP contribution is -2.53. The second-order valence-electron chi connectivity index (χ2n) is 4.69. The molecule has 4 heteroatoms. The molecule has 0 aromatic rings. The van der Waals surface area contributed by atoms with Crippen molar-refractivity contribution in [2.45, 2.75) is 44.3 Å². The first-order valence-corrected chi connectivity index (χ1v) is 5.90. The van der Waals surface area contributed by atoms with Crippen LogP contribution in [0, 0.1) is 0 Å². The summed E-state index contributed by atoms with van der Waals surface area (Å²) in [7, 11) is 0. The maximum Gasteiger partial charge on any atom is 0.234 e. The van der Waals surface area contributed by atoms with Crippen molar-refractivity contribution in [3.05, 3.63) is 0 Å². The third-order valence-corrected chi connectivity index (χ3v) is 3.25. The van der Waals surface area contributed by atoms with E-state index in [1.54, 1.807) is 0 Å². The summed E-state index contributed by atoms with van der Waals surface area (Å²) >= 11 is 0. The molecule has 1 saturated heterocycles. The summed E-state index contributed by atoms with van der Waals surface area (Å²) in [6.07, 6.45) is 5.24. The fourth-order valence-corrected chi connectivity index (χ4v) is 2.36. The van der Waals surface area contributed by atoms with Gasteiger partial charge in [0.15, 0.2) is 0 Å². The standard InChI is InChI=1S/C11H19FN2O/c12-9-6-14(7-9)8-11(15)13-10-4-2-1-3-5-10/h9-10H,1-8H2,(H,13,15). The number of rotatable bonds is 3. The van der Waals surface area contributed by atoms with Crippen LogP contribution in [0.15, 0.2) is 0 Å². The van der Waals surface area contributed by atoms with E-state index in [2.05, 4.69) is 5.32 Å². The van der Waals surface area contributed by atoms with Crippen LogP contribution in [-0.4, -0.2) is 42.7 Å². The number of hydrogen-bond donors (Lipinski definition) is 1. The van der Waals surface area contributed by atoms with Gasteiger partial charge in [0.1, 0.15) is 6.17 Å². The quantitative estimate of drug-likeness (QED) is 0.762. The Hall–Kier alpha value is -0.640. The van der Waals surface area contributed by atoms with Crippen LogP contribution in [0.4, 0.5) is 4.39 Å². The molecule has 2 aliphatic rings. The summed E-state index contributed by atoms with van der Waals surface area (Å²) in [6.45, 7) is 1.23. The van der Waals surface area contributed by atoms with Gasteiger partial charge in [0.05, 0.1) is 6.54 Å². The number of halogens is 1. The molecule has 2 fully saturated rings. The van der Waals surface area contributed by atoms with Crippen LogP contribution in [-0.2, 0) is 4.79 Å². The van der Waals surface area contributed by atoms with Crippen molar-refractivity contribution in [2.75, 3.05) is 19.6 Å². The van der Waals surface area contributed by atoms with Crippen molar-refractivity contribution in [3.63, 3.8) is 0 Å². The minimum atomic E-state index is -0.715. The first-order valence-electron chi connectivity index (χ1n) is 5.90. The van der Waals surface area contributed by atoms with Crippen LogP contribution in [0.2, 0.25) is 0 Å². The van der Waals surface area contributed by atoms with Crippen LogP contribution in [0.5, 0.6) is 0 Å². The molecule has 0 spiro atoms. The van der Waals surface area contributed by atoms with Crippen molar-refractivity contribution in [2.24, 2.45) is 0 Å². The van der Waals surface area contributed by atoms with Crippen molar-refractivity contribution >= 4 is 5.91 Å². The third kappa shape index (κ3) is 3.16. The van der Waals surface area contributed by atoms with Gasteiger partial charge in [-0.2, -0.15) is 0 Å². The molecule has 86 valence electrons. The normalized spacial score (nSPS) is 24.9. The molecule has 15 heavy (non-hydrogen) atoms. The van der Waals surface area contributed by atoms with Gasteiger partial charge in [0, 0.05) is 19.1 Å². The van der Waals surface area contributed by atoms with E-state index in [4.69, 9.17) is 0 Å². The van der Waals surface area contributed by atoms with Crippen LogP contribution in [0.3, 0.4) is 0 Å². The van der Waals surface area contributed by atoms with Gasteiger partial charge in [0.2, 0.25) is 5.91 Å². The van der Waals surface area contributed by atoms with Crippen molar-refractivity contribution in [1.29, 1.82) is 0 Å². The SMILES string of the molecule is O=C(CN1CC(F)C1)NC1CCCCC1. The highest BCUT2D eigenvalue weighted by Gasteiger charge is 2.28. The molecular weight excluding hydrogens is 195 g/mol. The van der Waals surface area contributed by atoms with Gasteiger partial charge in [-0.05, 0) is 12.8 Å². The summed E-state index contributed by atoms with van der Waals surface area (Å²) in [5.41, 5.74) is 0. The van der Waals surface area contributed by atoms with E-state index in [-0.39, 0.29) is 5.91 Å². The maximum absolute atomic E-state index is 12.5. The fraction of sp³-hybridized carbons (Fsp3) is 0.909. The predicted octanol–water partition coefficient (Wildman–Crippen LogP) is 1.09. The minimum absolute atomic E-state index is 0.0637. The molecule has 2 rings (SSSR count). The van der Waals surface area contributed by atoms with Gasteiger partial charge >= 0.3 is 0 Å². The Labute approximate surface area is 90.0 Å². The molecule has 1 saturated carbocycles. The summed E-state index contributed by atoms with van der Waals surface area (Å²) < 4.78 is 12.5. The molecule has 1 aliphatic heterocycles. The number of carbonyl (C=O) groups is 1. The smallest absolute Gasteiger partial charge is 0.234 e. The summed E-state index contributed by atoms with van der Waals surface area (Å²) in [5, 5.41) is 3.03. The zero-order valence-electron chi connectivity index (χ0n) is 9.04. The molecule has 0 unspecified atom stereocenters. The van der Waals surface area contributed by atoms with E-state index in [1.165, 1.54) is 19.3 Å². The number of amides is 1. The van der Waals surface area contributed by atoms with E-state index < -0.39 is 6.17 Å². The highest BCUT2D eigenvalue weighted by atomic mass is 19.1. The molecule has 1 aliphatic carbocycles. The van der Waals surface area contributed by atoms with E-state index in [9.17, 15) is 9.18 Å². The van der Waals surface area contributed by atoms with Crippen LogP contribution < -0.4 is 5.32 Å². The lowest BCUT2D eigenvalue weighted by molar-refractivity contribution is -0.124. The molecule has 0 aromatic heterocycles. The van der Waals surface area contributed by atoms with Crippen LogP contribution in [0.25, 0.3) is 0 Å². The van der Waals surface area contributed by atoms with Gasteiger partial charge < -0.3 is 5.32 Å². The van der Waals surface area contributed by atoms with Gasteiger partial charge in [-0.15, -0.1) is 0 Å². The molecule has 0 radical (unpaired) electrons. The third-order valence-electron chi connectivity index (χ3n) is 3.25. The molecule has 3 nitrogen and oxygen atoms in total. The molecular formula is C11H19FN2O. The maximum atomic E-state index is 12.5. The van der Waals surface area contributed by atoms with Crippen LogP contribution in [0.1, 0.15) is 32.1 Å². The number of likely N-dealkylation sites (tertiary alicyclic amines) is 1. The Balaban J connectivity index is 1.63. The van der Waals surface area contributed by atoms with Gasteiger partial charge in [0.25, 0.3) is 0 Å². The monoisotopic (exact) mass is 214 g/mol. The first-order chi connectivity index (χ1) is 7.24. The highest BCUT2D eigenvalue weighted by molar-refractivity contribution is 5.78. The molecule has 0 aromatic carbocycles. The van der Waals surface area contributed by atoms with E-state index in [0.717, 1.165) is 12.8 Å². The fourth-order valence-electron chi connectivity index (χ4n) is 2.36. The highest BCUT2D eigenvalue weighted by Crippen LogP contribution is 2.17. The number of nitrogens with one attached hydrogen (secondary N) is 1. The van der Waals surface area contributed by atoms with Crippen molar-refractivity contribution in [3.8, 4) is 0 Å². The van der Waals surface area contributed by atoms with E-state index in [1.807, 2.05) is 4.90 Å². The molecule has 1 heterocycles. The lowest BCUT2D eigenvalue weighted by atomic mass is 9.95. The average molecular weight is 214 g/mol. The van der Waals surface area contributed by atoms with Gasteiger partial charge in [-0.25, -0.2) is 4.39 Å².